The van der Waals surface area contributed by atoms with Crippen LogP contribution in [-0.2, 0) is 0 Å². The van der Waals surface area contributed by atoms with Gasteiger partial charge in [0.25, 0.3) is 0 Å². The van der Waals surface area contributed by atoms with Crippen LogP contribution in [0.15, 0.2) is 18.2 Å². The summed E-state index contributed by atoms with van der Waals surface area (Å²) in [5.41, 5.74) is 1.48. The van der Waals surface area contributed by atoms with Gasteiger partial charge in [0, 0.05) is 20.1 Å². The summed E-state index contributed by atoms with van der Waals surface area (Å²) in [5.74, 6) is 0. The van der Waals surface area contributed by atoms with Crippen molar-refractivity contribution in [1.29, 1.82) is 0 Å². The van der Waals surface area contributed by atoms with Crippen LogP contribution >= 0.6 is 0 Å². The molecule has 2 rings (SSSR count). The van der Waals surface area contributed by atoms with E-state index in [0.29, 0.717) is 17.4 Å². The van der Waals surface area contributed by atoms with Gasteiger partial charge in [0.2, 0.25) is 0 Å². The van der Waals surface area contributed by atoms with E-state index in [1.54, 1.807) is 13.1 Å². The Labute approximate surface area is 120 Å². The lowest BCUT2D eigenvalue weighted by Crippen LogP contribution is -2.31. The largest absolute Gasteiger partial charge is 0.382 e. The lowest BCUT2D eigenvalue weighted by atomic mass is 10.1. The molecule has 0 heterocycles. The van der Waals surface area contributed by atoms with Crippen LogP contribution in [0.3, 0.4) is 0 Å². The van der Waals surface area contributed by atoms with Gasteiger partial charge in [-0.3, -0.25) is 10.1 Å². The number of nitro groups is 1. The molecule has 5 heteroatoms. The van der Waals surface area contributed by atoms with Crippen molar-refractivity contribution in [3.8, 4) is 0 Å². The second-order valence-corrected chi connectivity index (χ2v) is 5.44. The number of nitro benzene ring substituents is 1. The second-order valence-electron chi connectivity index (χ2n) is 5.44. The van der Waals surface area contributed by atoms with E-state index in [-0.39, 0.29) is 10.6 Å². The Morgan fingerprint density at radius 1 is 1.25 bits per heavy atom. The molecule has 0 radical (unpaired) electrons. The van der Waals surface area contributed by atoms with Gasteiger partial charge in [0.1, 0.15) is 11.4 Å². The lowest BCUT2D eigenvalue weighted by molar-refractivity contribution is -0.383. The molecule has 110 valence electrons. The molecule has 1 aliphatic carbocycles. The van der Waals surface area contributed by atoms with E-state index >= 15 is 0 Å². The SMILES string of the molecule is CNc1cccc(N(C)C2CCCCCC2)c1[N+](=O)[O-]. The minimum absolute atomic E-state index is 0.182. The molecule has 0 spiro atoms. The van der Waals surface area contributed by atoms with Crippen molar-refractivity contribution in [2.45, 2.75) is 44.6 Å². The van der Waals surface area contributed by atoms with Crippen LogP contribution < -0.4 is 10.2 Å². The average molecular weight is 277 g/mol. The Morgan fingerprint density at radius 2 is 1.90 bits per heavy atom. The Kier molecular flexibility index (Phi) is 4.82. The molecular weight excluding hydrogens is 254 g/mol. The molecule has 1 aromatic rings. The van der Waals surface area contributed by atoms with Crippen LogP contribution in [0.25, 0.3) is 0 Å². The summed E-state index contributed by atoms with van der Waals surface area (Å²) in [5, 5.41) is 14.3. The van der Waals surface area contributed by atoms with E-state index in [9.17, 15) is 10.1 Å². The quantitative estimate of drug-likeness (QED) is 0.516. The summed E-state index contributed by atoms with van der Waals surface area (Å²) in [6.07, 6.45) is 7.24. The predicted octanol–water partition coefficient (Wildman–Crippen LogP) is 3.80. The van der Waals surface area contributed by atoms with Crippen LogP contribution in [0.2, 0.25) is 0 Å². The van der Waals surface area contributed by atoms with Gasteiger partial charge < -0.3 is 10.2 Å². The van der Waals surface area contributed by atoms with E-state index in [1.165, 1.54) is 25.7 Å². The molecule has 5 nitrogen and oxygen atoms in total. The van der Waals surface area contributed by atoms with Gasteiger partial charge in [-0.05, 0) is 25.0 Å². The Morgan fingerprint density at radius 3 is 2.45 bits per heavy atom. The van der Waals surface area contributed by atoms with Gasteiger partial charge in [0.15, 0.2) is 0 Å². The van der Waals surface area contributed by atoms with Gasteiger partial charge >= 0.3 is 5.69 Å². The fourth-order valence-corrected chi connectivity index (χ4v) is 3.05. The van der Waals surface area contributed by atoms with Crippen LogP contribution in [0.5, 0.6) is 0 Å². The number of para-hydroxylation sites is 1. The number of hydrogen-bond donors (Lipinski definition) is 1. The molecule has 0 bridgehead atoms. The number of rotatable bonds is 4. The average Bonchev–Trinajstić information content (AvgIpc) is 2.74. The summed E-state index contributed by atoms with van der Waals surface area (Å²) >= 11 is 0. The molecule has 1 aromatic carbocycles. The van der Waals surface area contributed by atoms with Crippen LogP contribution in [0.1, 0.15) is 38.5 Å². The molecule has 20 heavy (non-hydrogen) atoms. The number of hydrogen-bond acceptors (Lipinski definition) is 4. The van der Waals surface area contributed by atoms with Crippen LogP contribution in [0, 0.1) is 10.1 Å². The highest BCUT2D eigenvalue weighted by atomic mass is 16.6. The molecule has 1 N–H and O–H groups in total. The summed E-state index contributed by atoms with van der Waals surface area (Å²) in [7, 11) is 3.70. The van der Waals surface area contributed by atoms with Gasteiger partial charge in [-0.25, -0.2) is 0 Å². The maximum atomic E-state index is 11.4. The highest BCUT2D eigenvalue weighted by Gasteiger charge is 2.26. The molecule has 1 saturated carbocycles. The molecule has 0 saturated heterocycles. The van der Waals surface area contributed by atoms with Gasteiger partial charge in [0.05, 0.1) is 4.92 Å². The fourth-order valence-electron chi connectivity index (χ4n) is 3.05. The summed E-state index contributed by atoms with van der Waals surface area (Å²) in [6.45, 7) is 0. The summed E-state index contributed by atoms with van der Waals surface area (Å²) in [6, 6.07) is 5.89. The molecule has 0 aliphatic heterocycles. The van der Waals surface area contributed by atoms with Crippen molar-refractivity contribution < 1.29 is 4.92 Å². The van der Waals surface area contributed by atoms with Crippen molar-refractivity contribution in [3.05, 3.63) is 28.3 Å². The summed E-state index contributed by atoms with van der Waals surface area (Å²) in [4.78, 5) is 13.2. The molecule has 0 unspecified atom stereocenters. The van der Waals surface area contributed by atoms with Crippen molar-refractivity contribution >= 4 is 17.1 Å². The smallest absolute Gasteiger partial charge is 0.315 e. The molecule has 0 amide bonds. The lowest BCUT2D eigenvalue weighted by Gasteiger charge is -2.29. The molecular formula is C15H23N3O2. The van der Waals surface area contributed by atoms with Crippen molar-refractivity contribution in [1.82, 2.24) is 0 Å². The minimum Gasteiger partial charge on any atom is -0.382 e. The number of nitrogens with one attached hydrogen (secondary N) is 1. The van der Waals surface area contributed by atoms with Crippen molar-refractivity contribution in [3.63, 3.8) is 0 Å². The van der Waals surface area contributed by atoms with Gasteiger partial charge in [-0.15, -0.1) is 0 Å². The topological polar surface area (TPSA) is 58.4 Å². The second kappa shape index (κ2) is 6.59. The van der Waals surface area contributed by atoms with E-state index in [1.807, 2.05) is 19.2 Å². The molecule has 1 fully saturated rings. The zero-order valence-corrected chi connectivity index (χ0v) is 12.3. The Hall–Kier alpha value is -1.78. The Balaban J connectivity index is 2.32. The first-order chi connectivity index (χ1) is 9.65. The molecule has 0 aromatic heterocycles. The van der Waals surface area contributed by atoms with E-state index in [2.05, 4.69) is 10.2 Å². The number of anilines is 2. The highest BCUT2D eigenvalue weighted by molar-refractivity contribution is 5.77. The fraction of sp³-hybridized carbons (Fsp3) is 0.600. The first-order valence-corrected chi connectivity index (χ1v) is 7.33. The Bertz CT molecular complexity index is 468. The third kappa shape index (κ3) is 3.03. The third-order valence-electron chi connectivity index (χ3n) is 4.22. The first-order valence-electron chi connectivity index (χ1n) is 7.33. The maximum Gasteiger partial charge on any atom is 0.315 e. The number of benzene rings is 1. The van der Waals surface area contributed by atoms with E-state index < -0.39 is 0 Å². The van der Waals surface area contributed by atoms with E-state index in [0.717, 1.165) is 12.8 Å². The van der Waals surface area contributed by atoms with Crippen LogP contribution in [0.4, 0.5) is 17.1 Å². The van der Waals surface area contributed by atoms with Gasteiger partial charge in [-0.2, -0.15) is 0 Å². The standard InChI is InChI=1S/C15H23N3O2/c1-16-13-10-7-11-14(15(13)18(19)20)17(2)12-8-5-3-4-6-9-12/h7,10-12,16H,3-6,8-9H2,1-2H3. The third-order valence-corrected chi connectivity index (χ3v) is 4.22. The zero-order chi connectivity index (χ0) is 14.5. The monoisotopic (exact) mass is 277 g/mol. The minimum atomic E-state index is -0.283. The first kappa shape index (κ1) is 14.6. The number of nitrogens with zero attached hydrogens (tertiary/aromatic N) is 2. The molecule has 0 atom stereocenters. The van der Waals surface area contributed by atoms with Gasteiger partial charge in [-0.1, -0.05) is 31.7 Å². The summed E-state index contributed by atoms with van der Waals surface area (Å²) < 4.78 is 0. The zero-order valence-electron chi connectivity index (χ0n) is 12.3. The van der Waals surface area contributed by atoms with Crippen LogP contribution in [-0.4, -0.2) is 25.1 Å². The normalized spacial score (nSPS) is 16.5. The molecule has 1 aliphatic rings. The van der Waals surface area contributed by atoms with E-state index in [4.69, 9.17) is 0 Å². The predicted molar refractivity (Wildman–Crippen MR) is 82.5 cm³/mol. The van der Waals surface area contributed by atoms with Crippen molar-refractivity contribution in [2.24, 2.45) is 0 Å². The highest BCUT2D eigenvalue weighted by Crippen LogP contribution is 2.37. The maximum absolute atomic E-state index is 11.4. The van der Waals surface area contributed by atoms with Crippen molar-refractivity contribution in [2.75, 3.05) is 24.3 Å².